The second kappa shape index (κ2) is 9.37. The summed E-state index contributed by atoms with van der Waals surface area (Å²) < 4.78 is 0. The Kier molecular flexibility index (Phi) is 8.87. The molecule has 3 nitrogen and oxygen atoms in total. The third-order valence-corrected chi connectivity index (χ3v) is 2.76. The molecule has 0 aromatic rings. The molecule has 3 heteroatoms. The van der Waals surface area contributed by atoms with Crippen LogP contribution in [0.5, 0.6) is 0 Å². The zero-order valence-electron chi connectivity index (χ0n) is 10.8. The number of carbonyl (C=O) groups is 2. The normalized spacial score (nSPS) is 12.2. The number of carbonyl (C=O) groups excluding carboxylic acids is 2. The second-order valence-corrected chi connectivity index (χ2v) is 4.58. The fraction of sp³-hybridized carbons (Fsp3) is 0.846. The van der Waals surface area contributed by atoms with E-state index in [4.69, 9.17) is 0 Å². The van der Waals surface area contributed by atoms with Crippen molar-refractivity contribution < 1.29 is 9.59 Å². The summed E-state index contributed by atoms with van der Waals surface area (Å²) in [5.41, 5.74) is 0. The molecule has 0 radical (unpaired) electrons. The maximum absolute atomic E-state index is 11.4. The molecule has 0 rings (SSSR count). The summed E-state index contributed by atoms with van der Waals surface area (Å²) in [6, 6.07) is 0. The van der Waals surface area contributed by atoms with Crippen molar-refractivity contribution in [3.63, 3.8) is 0 Å². The minimum atomic E-state index is 0.154. The number of hydrogen-bond donors (Lipinski definition) is 1. The molecular weight excluding hydrogens is 202 g/mol. The monoisotopic (exact) mass is 227 g/mol. The molecule has 0 aliphatic carbocycles. The smallest absolute Gasteiger partial charge is 0.220 e. The number of nitrogens with one attached hydrogen (secondary N) is 1. The first-order valence-electron chi connectivity index (χ1n) is 6.32. The molecule has 0 fully saturated rings. The molecule has 0 spiro atoms. The van der Waals surface area contributed by atoms with Gasteiger partial charge in [-0.3, -0.25) is 4.79 Å². The lowest BCUT2D eigenvalue weighted by Gasteiger charge is -2.08. The lowest BCUT2D eigenvalue weighted by atomic mass is 10.1. The van der Waals surface area contributed by atoms with Crippen molar-refractivity contribution in [2.45, 2.75) is 59.3 Å². The molecule has 1 N–H and O–H groups in total. The van der Waals surface area contributed by atoms with Gasteiger partial charge in [0.15, 0.2) is 0 Å². The van der Waals surface area contributed by atoms with E-state index in [1.807, 2.05) is 0 Å². The Labute approximate surface area is 99.0 Å². The number of hydrogen-bond acceptors (Lipinski definition) is 2. The Bertz CT molecular complexity index is 214. The van der Waals surface area contributed by atoms with Gasteiger partial charge in [0, 0.05) is 19.4 Å². The molecule has 0 saturated carbocycles. The lowest BCUT2D eigenvalue weighted by molar-refractivity contribution is -0.122. The highest BCUT2D eigenvalue weighted by Gasteiger charge is 2.05. The van der Waals surface area contributed by atoms with E-state index in [1.54, 1.807) is 6.92 Å². The number of Topliss-reactive ketones (excluding diaryl/α,β-unsaturated/α-hetero) is 1. The third-order valence-electron chi connectivity index (χ3n) is 2.76. The van der Waals surface area contributed by atoms with Crippen LogP contribution in [0, 0.1) is 5.92 Å². The number of rotatable bonds is 9. The Balaban J connectivity index is 3.31. The quantitative estimate of drug-likeness (QED) is 0.616. The average Bonchev–Trinajstić information content (AvgIpc) is 2.22. The van der Waals surface area contributed by atoms with E-state index in [1.165, 1.54) is 0 Å². The van der Waals surface area contributed by atoms with Gasteiger partial charge in [0.2, 0.25) is 5.91 Å². The molecule has 0 aliphatic rings. The van der Waals surface area contributed by atoms with Crippen LogP contribution in [0.4, 0.5) is 0 Å². The minimum Gasteiger partial charge on any atom is -0.356 e. The minimum absolute atomic E-state index is 0.154. The van der Waals surface area contributed by atoms with E-state index >= 15 is 0 Å². The predicted octanol–water partition coefficient (Wildman–Crippen LogP) is 2.69. The Morgan fingerprint density at radius 2 is 1.88 bits per heavy atom. The SMILES string of the molecule is CCC(C)CC(=O)NCCCCCC(C)=O. The van der Waals surface area contributed by atoms with Crippen molar-refractivity contribution in [3.05, 3.63) is 0 Å². The van der Waals surface area contributed by atoms with Gasteiger partial charge in [0.05, 0.1) is 0 Å². The molecule has 0 saturated heterocycles. The maximum atomic E-state index is 11.4. The predicted molar refractivity (Wildman–Crippen MR) is 66.2 cm³/mol. The van der Waals surface area contributed by atoms with Gasteiger partial charge < -0.3 is 10.1 Å². The molecule has 1 unspecified atom stereocenters. The Morgan fingerprint density at radius 1 is 1.19 bits per heavy atom. The molecule has 94 valence electrons. The van der Waals surface area contributed by atoms with Gasteiger partial charge in [-0.15, -0.1) is 0 Å². The molecule has 0 bridgehead atoms. The third kappa shape index (κ3) is 9.69. The summed E-state index contributed by atoms with van der Waals surface area (Å²) in [7, 11) is 0. The zero-order valence-corrected chi connectivity index (χ0v) is 10.8. The van der Waals surface area contributed by atoms with Crippen molar-refractivity contribution in [2.75, 3.05) is 6.54 Å². The van der Waals surface area contributed by atoms with Crippen molar-refractivity contribution in [1.29, 1.82) is 0 Å². The van der Waals surface area contributed by atoms with E-state index in [0.29, 0.717) is 18.8 Å². The summed E-state index contributed by atoms with van der Waals surface area (Å²) in [5, 5.41) is 2.91. The van der Waals surface area contributed by atoms with Crippen molar-refractivity contribution in [1.82, 2.24) is 5.32 Å². The Hall–Kier alpha value is -0.860. The van der Waals surface area contributed by atoms with Crippen LogP contribution in [0.25, 0.3) is 0 Å². The first-order chi connectivity index (χ1) is 7.56. The summed E-state index contributed by atoms with van der Waals surface area (Å²) in [5.74, 6) is 0.874. The summed E-state index contributed by atoms with van der Waals surface area (Å²) >= 11 is 0. The van der Waals surface area contributed by atoms with Gasteiger partial charge in [0.1, 0.15) is 5.78 Å². The highest BCUT2D eigenvalue weighted by Crippen LogP contribution is 2.05. The van der Waals surface area contributed by atoms with Gasteiger partial charge >= 0.3 is 0 Å². The van der Waals surface area contributed by atoms with Gasteiger partial charge in [-0.1, -0.05) is 26.7 Å². The van der Waals surface area contributed by atoms with E-state index in [9.17, 15) is 9.59 Å². The number of unbranched alkanes of at least 4 members (excludes halogenated alkanes) is 2. The fourth-order valence-electron chi connectivity index (χ4n) is 1.44. The molecule has 0 aromatic carbocycles. The largest absolute Gasteiger partial charge is 0.356 e. The van der Waals surface area contributed by atoms with Gasteiger partial charge in [-0.25, -0.2) is 0 Å². The van der Waals surface area contributed by atoms with Gasteiger partial charge in [-0.2, -0.15) is 0 Å². The van der Waals surface area contributed by atoms with Gasteiger partial charge in [0.25, 0.3) is 0 Å². The number of ketones is 1. The van der Waals surface area contributed by atoms with E-state index < -0.39 is 0 Å². The van der Waals surface area contributed by atoms with Crippen LogP contribution in [-0.2, 0) is 9.59 Å². The van der Waals surface area contributed by atoms with Crippen LogP contribution < -0.4 is 5.32 Å². The van der Waals surface area contributed by atoms with E-state index in [-0.39, 0.29) is 11.7 Å². The first-order valence-corrected chi connectivity index (χ1v) is 6.32. The van der Waals surface area contributed by atoms with Crippen molar-refractivity contribution >= 4 is 11.7 Å². The van der Waals surface area contributed by atoms with E-state index in [2.05, 4.69) is 19.2 Å². The van der Waals surface area contributed by atoms with Crippen LogP contribution in [0.3, 0.4) is 0 Å². The maximum Gasteiger partial charge on any atom is 0.220 e. The van der Waals surface area contributed by atoms with Gasteiger partial charge in [-0.05, 0) is 25.7 Å². The highest BCUT2D eigenvalue weighted by atomic mass is 16.1. The summed E-state index contributed by atoms with van der Waals surface area (Å²) in [6.45, 7) is 6.55. The summed E-state index contributed by atoms with van der Waals surface area (Å²) in [4.78, 5) is 22.1. The van der Waals surface area contributed by atoms with Crippen LogP contribution in [0.15, 0.2) is 0 Å². The molecule has 0 aromatic heterocycles. The summed E-state index contributed by atoms with van der Waals surface area (Å²) in [6.07, 6.45) is 5.27. The standard InChI is InChI=1S/C13H25NO2/c1-4-11(2)10-13(16)14-9-7-5-6-8-12(3)15/h11H,4-10H2,1-3H3,(H,14,16). The molecule has 0 aliphatic heterocycles. The molecule has 16 heavy (non-hydrogen) atoms. The van der Waals surface area contributed by atoms with Crippen LogP contribution in [-0.4, -0.2) is 18.2 Å². The lowest BCUT2D eigenvalue weighted by Crippen LogP contribution is -2.25. The Morgan fingerprint density at radius 3 is 2.44 bits per heavy atom. The van der Waals surface area contributed by atoms with Crippen LogP contribution in [0.2, 0.25) is 0 Å². The van der Waals surface area contributed by atoms with Crippen molar-refractivity contribution in [2.24, 2.45) is 5.92 Å². The molecule has 0 heterocycles. The molecular formula is C13H25NO2. The van der Waals surface area contributed by atoms with E-state index in [0.717, 1.165) is 32.2 Å². The molecule has 1 atom stereocenters. The first kappa shape index (κ1) is 15.1. The van der Waals surface area contributed by atoms with Crippen LogP contribution in [0.1, 0.15) is 59.3 Å². The average molecular weight is 227 g/mol. The fourth-order valence-corrected chi connectivity index (χ4v) is 1.44. The number of amides is 1. The zero-order chi connectivity index (χ0) is 12.4. The van der Waals surface area contributed by atoms with Crippen molar-refractivity contribution in [3.8, 4) is 0 Å². The highest BCUT2D eigenvalue weighted by molar-refractivity contribution is 5.76. The second-order valence-electron chi connectivity index (χ2n) is 4.58. The van der Waals surface area contributed by atoms with Crippen LogP contribution >= 0.6 is 0 Å². The molecule has 1 amide bonds. The topological polar surface area (TPSA) is 46.2 Å².